The van der Waals surface area contributed by atoms with Gasteiger partial charge in [0.2, 0.25) is 11.5 Å². The zero-order valence-corrected chi connectivity index (χ0v) is 21.2. The maximum Gasteiger partial charge on any atom is 0.259 e. The Balaban J connectivity index is 0.00000408. The second-order valence-corrected chi connectivity index (χ2v) is 7.81. The lowest BCUT2D eigenvalue weighted by molar-refractivity contribution is 0.102. The molecule has 0 aliphatic heterocycles. The van der Waals surface area contributed by atoms with Gasteiger partial charge in [-0.05, 0) is 49.1 Å². The smallest absolute Gasteiger partial charge is 0.259 e. The van der Waals surface area contributed by atoms with Crippen molar-refractivity contribution in [2.45, 2.75) is 11.3 Å². The first-order valence-electron chi connectivity index (χ1n) is 10.3. The highest BCUT2D eigenvalue weighted by Gasteiger charge is 2.26. The number of hydrogen-bond donors (Lipinski definition) is 2. The number of nitrogens with two attached hydrogens (primary N) is 1. The van der Waals surface area contributed by atoms with Gasteiger partial charge in [0, 0.05) is 11.0 Å². The van der Waals surface area contributed by atoms with Crippen LogP contribution < -0.4 is 30.0 Å². The zero-order valence-electron chi connectivity index (χ0n) is 19.5. The Labute approximate surface area is 210 Å². The van der Waals surface area contributed by atoms with E-state index >= 15 is 0 Å². The van der Waals surface area contributed by atoms with E-state index in [-0.39, 0.29) is 35.4 Å². The number of amides is 1. The molecule has 182 valence electrons. The highest BCUT2D eigenvalue weighted by Crippen LogP contribution is 2.48. The lowest BCUT2D eigenvalue weighted by Gasteiger charge is -2.19. The van der Waals surface area contributed by atoms with E-state index in [0.717, 1.165) is 16.9 Å². The van der Waals surface area contributed by atoms with Crippen molar-refractivity contribution in [3.8, 4) is 28.7 Å². The minimum absolute atomic E-state index is 0. The number of halogens is 1. The molecule has 0 bridgehead atoms. The summed E-state index contributed by atoms with van der Waals surface area (Å²) < 4.78 is 22.7. The zero-order chi connectivity index (χ0) is 23.8. The third-order valence-corrected chi connectivity index (χ3v) is 5.75. The van der Waals surface area contributed by atoms with E-state index in [1.165, 1.54) is 21.3 Å². The van der Waals surface area contributed by atoms with Gasteiger partial charge in [-0.3, -0.25) is 4.79 Å². The van der Waals surface area contributed by atoms with Crippen molar-refractivity contribution in [1.82, 2.24) is 0 Å². The molecular formula is C25H29ClN2O5S. The van der Waals surface area contributed by atoms with Crippen LogP contribution in [0, 0.1) is 0 Å². The number of thioether (sulfide) groups is 1. The third kappa shape index (κ3) is 6.08. The summed E-state index contributed by atoms with van der Waals surface area (Å²) in [6.07, 6.45) is 2.73. The van der Waals surface area contributed by atoms with Crippen molar-refractivity contribution < 1.29 is 23.7 Å². The normalized spacial score (nSPS) is 10.1. The van der Waals surface area contributed by atoms with Crippen LogP contribution in [-0.4, -0.2) is 40.0 Å². The van der Waals surface area contributed by atoms with Crippen LogP contribution in [0.5, 0.6) is 28.7 Å². The average Bonchev–Trinajstić information content (AvgIpc) is 2.84. The fourth-order valence-electron chi connectivity index (χ4n) is 3.38. The molecule has 0 saturated heterocycles. The van der Waals surface area contributed by atoms with Crippen molar-refractivity contribution in [2.24, 2.45) is 5.73 Å². The van der Waals surface area contributed by atoms with Gasteiger partial charge in [0.1, 0.15) is 5.75 Å². The highest BCUT2D eigenvalue weighted by atomic mass is 35.5. The van der Waals surface area contributed by atoms with Crippen molar-refractivity contribution in [1.29, 1.82) is 0 Å². The predicted molar refractivity (Wildman–Crippen MR) is 139 cm³/mol. The van der Waals surface area contributed by atoms with Crippen LogP contribution in [0.1, 0.15) is 15.9 Å². The number of methoxy groups -OCH3 is 3. The van der Waals surface area contributed by atoms with Crippen LogP contribution in [0.2, 0.25) is 0 Å². The van der Waals surface area contributed by atoms with Crippen LogP contribution in [0.4, 0.5) is 5.69 Å². The Kier molecular flexibility index (Phi) is 10.4. The number of carbonyl (C=O) groups is 1. The predicted octanol–water partition coefficient (Wildman–Crippen LogP) is 5.40. The summed E-state index contributed by atoms with van der Waals surface area (Å²) in [4.78, 5) is 14.2. The van der Waals surface area contributed by atoms with Crippen molar-refractivity contribution >= 4 is 35.8 Å². The van der Waals surface area contributed by atoms with E-state index in [0.29, 0.717) is 29.5 Å². The molecule has 0 saturated carbocycles. The molecule has 0 spiro atoms. The first kappa shape index (κ1) is 27.2. The number of hydrogen-bond acceptors (Lipinski definition) is 7. The summed E-state index contributed by atoms with van der Waals surface area (Å²) in [5, 5.41) is 2.95. The molecule has 0 unspecified atom stereocenters. The molecule has 3 aromatic rings. The first-order valence-corrected chi connectivity index (χ1v) is 11.5. The minimum Gasteiger partial charge on any atom is -0.492 e. The van der Waals surface area contributed by atoms with Crippen LogP contribution in [0.3, 0.4) is 0 Å². The monoisotopic (exact) mass is 504 g/mol. The molecule has 3 N–H and O–H groups in total. The van der Waals surface area contributed by atoms with Crippen molar-refractivity contribution in [3.05, 3.63) is 65.7 Å². The third-order valence-electron chi connectivity index (χ3n) is 4.95. The summed E-state index contributed by atoms with van der Waals surface area (Å²) in [5.41, 5.74) is 7.68. The fraction of sp³-hybridized carbons (Fsp3) is 0.240. The summed E-state index contributed by atoms with van der Waals surface area (Å²) >= 11 is 1.54. The van der Waals surface area contributed by atoms with E-state index in [9.17, 15) is 4.79 Å². The van der Waals surface area contributed by atoms with Crippen molar-refractivity contribution in [2.75, 3.05) is 39.4 Å². The number of anilines is 1. The van der Waals surface area contributed by atoms with Gasteiger partial charge in [-0.2, -0.15) is 0 Å². The van der Waals surface area contributed by atoms with Crippen LogP contribution >= 0.6 is 24.2 Å². The van der Waals surface area contributed by atoms with Gasteiger partial charge < -0.3 is 30.0 Å². The maximum atomic E-state index is 13.3. The van der Waals surface area contributed by atoms with E-state index in [1.54, 1.807) is 17.8 Å². The maximum absolute atomic E-state index is 13.3. The summed E-state index contributed by atoms with van der Waals surface area (Å²) in [6, 6.07) is 16.7. The van der Waals surface area contributed by atoms with Crippen LogP contribution in [0.25, 0.3) is 0 Å². The van der Waals surface area contributed by atoms with Gasteiger partial charge in [0.15, 0.2) is 11.5 Å². The molecule has 7 nitrogen and oxygen atoms in total. The highest BCUT2D eigenvalue weighted by molar-refractivity contribution is 7.98. The molecule has 9 heteroatoms. The molecule has 3 rings (SSSR count). The lowest BCUT2D eigenvalue weighted by atomic mass is 10.1. The Morgan fingerprint density at radius 2 is 1.59 bits per heavy atom. The number of rotatable bonds is 10. The van der Waals surface area contributed by atoms with Gasteiger partial charge in [-0.15, -0.1) is 24.2 Å². The van der Waals surface area contributed by atoms with E-state index in [2.05, 4.69) is 5.32 Å². The van der Waals surface area contributed by atoms with E-state index in [4.69, 9.17) is 24.7 Å². The number of carbonyl (C=O) groups excluding carboxylic acids is 1. The molecule has 0 aromatic heterocycles. The Morgan fingerprint density at radius 1 is 0.941 bits per heavy atom. The Morgan fingerprint density at radius 3 is 2.18 bits per heavy atom. The molecule has 3 aromatic carbocycles. The van der Waals surface area contributed by atoms with Gasteiger partial charge in [0.05, 0.1) is 32.6 Å². The number of para-hydroxylation sites is 1. The molecule has 0 atom stereocenters. The second-order valence-electron chi connectivity index (χ2n) is 6.96. The fourth-order valence-corrected chi connectivity index (χ4v) is 3.93. The lowest BCUT2D eigenvalue weighted by Crippen LogP contribution is -2.15. The number of ether oxygens (including phenoxy) is 4. The molecule has 0 fully saturated rings. The molecule has 0 aliphatic carbocycles. The molecule has 34 heavy (non-hydrogen) atoms. The number of benzene rings is 3. The Hall–Kier alpha value is -3.07. The summed E-state index contributed by atoms with van der Waals surface area (Å²) in [6.45, 7) is 0.571. The summed E-state index contributed by atoms with van der Waals surface area (Å²) in [7, 11) is 4.46. The largest absolute Gasteiger partial charge is 0.492 e. The Bertz CT molecular complexity index is 1110. The first-order chi connectivity index (χ1) is 16.1. The van der Waals surface area contributed by atoms with Crippen LogP contribution in [0.15, 0.2) is 59.5 Å². The molecular weight excluding hydrogens is 476 g/mol. The molecule has 0 aliphatic rings. The standard InChI is InChI=1S/C25H28N2O5S.ClH/c1-29-22-18(25(28)27-19-7-5-6-8-21(19)33-4)15-20(23(30-2)24(22)31-3)32-17-11-9-16(10-12-17)13-14-26;/h5-12,15H,13-14,26H2,1-4H3,(H,27,28);1H. The summed E-state index contributed by atoms with van der Waals surface area (Å²) in [5.74, 6) is 1.38. The topological polar surface area (TPSA) is 92.0 Å². The molecule has 1 amide bonds. The van der Waals surface area contributed by atoms with Gasteiger partial charge >= 0.3 is 0 Å². The SMILES string of the molecule is COc1c(Oc2ccc(CCN)cc2)cc(C(=O)Nc2ccccc2SC)c(OC)c1OC.Cl. The second kappa shape index (κ2) is 13.0. The van der Waals surface area contributed by atoms with E-state index < -0.39 is 0 Å². The molecule has 0 radical (unpaired) electrons. The van der Waals surface area contributed by atoms with Gasteiger partial charge in [-0.1, -0.05) is 24.3 Å². The van der Waals surface area contributed by atoms with E-state index in [1.807, 2.05) is 54.8 Å². The van der Waals surface area contributed by atoms with Crippen molar-refractivity contribution in [3.63, 3.8) is 0 Å². The van der Waals surface area contributed by atoms with Crippen LogP contribution in [-0.2, 0) is 6.42 Å². The van der Waals surface area contributed by atoms with Gasteiger partial charge in [0.25, 0.3) is 5.91 Å². The molecule has 0 heterocycles. The number of nitrogens with one attached hydrogen (secondary N) is 1. The average molecular weight is 505 g/mol. The minimum atomic E-state index is -0.363. The van der Waals surface area contributed by atoms with Gasteiger partial charge in [-0.25, -0.2) is 0 Å². The quantitative estimate of drug-likeness (QED) is 0.357.